The minimum absolute atomic E-state index is 0.715. The summed E-state index contributed by atoms with van der Waals surface area (Å²) < 4.78 is 5.41. The summed E-state index contributed by atoms with van der Waals surface area (Å²) in [6.07, 6.45) is 2.77. The minimum atomic E-state index is 0.715. The Morgan fingerprint density at radius 2 is 2.15 bits per heavy atom. The fraction of sp³-hybridized carbons (Fsp3) is 0.467. The molecule has 0 fully saturated rings. The van der Waals surface area contributed by atoms with Crippen molar-refractivity contribution in [2.45, 2.75) is 33.7 Å². The van der Waals surface area contributed by atoms with Gasteiger partial charge < -0.3 is 14.6 Å². The van der Waals surface area contributed by atoms with Gasteiger partial charge in [-0.1, -0.05) is 6.92 Å². The maximum Gasteiger partial charge on any atom is 0.134 e. The molecule has 0 radical (unpaired) electrons. The van der Waals surface area contributed by atoms with Crippen LogP contribution in [0.5, 0.6) is 0 Å². The molecule has 0 aliphatic carbocycles. The normalized spacial score (nSPS) is 10.6. The lowest BCUT2D eigenvalue weighted by Crippen LogP contribution is -2.23. The molecule has 0 aromatic carbocycles. The summed E-state index contributed by atoms with van der Waals surface area (Å²) in [7, 11) is 0. The second kappa shape index (κ2) is 6.93. The number of nitrogens with zero attached hydrogens (tertiary/aromatic N) is 3. The molecule has 2 aromatic rings. The molecule has 2 heterocycles. The summed E-state index contributed by atoms with van der Waals surface area (Å²) in [4.78, 5) is 11.1. The van der Waals surface area contributed by atoms with Crippen molar-refractivity contribution >= 4 is 11.6 Å². The Morgan fingerprint density at radius 1 is 1.30 bits per heavy atom. The topological polar surface area (TPSA) is 54.2 Å². The minimum Gasteiger partial charge on any atom is -0.467 e. The van der Waals surface area contributed by atoms with Gasteiger partial charge in [-0.2, -0.15) is 0 Å². The first kappa shape index (κ1) is 14.4. The highest BCUT2D eigenvalue weighted by molar-refractivity contribution is 5.49. The van der Waals surface area contributed by atoms with E-state index in [1.165, 1.54) is 0 Å². The van der Waals surface area contributed by atoms with E-state index >= 15 is 0 Å². The lowest BCUT2D eigenvalue weighted by atomic mass is 10.3. The van der Waals surface area contributed by atoms with E-state index in [4.69, 9.17) is 4.42 Å². The van der Waals surface area contributed by atoms with Crippen LogP contribution in [0.4, 0.5) is 11.6 Å². The first-order valence-corrected chi connectivity index (χ1v) is 7.09. The molecule has 0 aliphatic heterocycles. The average Bonchev–Trinajstić information content (AvgIpc) is 2.95. The molecular weight excluding hydrogens is 252 g/mol. The van der Waals surface area contributed by atoms with Crippen molar-refractivity contribution in [2.75, 3.05) is 23.3 Å². The van der Waals surface area contributed by atoms with Crippen LogP contribution in [0, 0.1) is 6.92 Å². The molecule has 0 saturated heterocycles. The highest BCUT2D eigenvalue weighted by Crippen LogP contribution is 2.18. The summed E-state index contributed by atoms with van der Waals surface area (Å²) in [5.41, 5.74) is 0. The average molecular weight is 274 g/mol. The first-order valence-electron chi connectivity index (χ1n) is 7.09. The van der Waals surface area contributed by atoms with Gasteiger partial charge in [0.2, 0.25) is 0 Å². The monoisotopic (exact) mass is 274 g/mol. The van der Waals surface area contributed by atoms with E-state index in [0.717, 1.165) is 42.7 Å². The zero-order valence-electron chi connectivity index (χ0n) is 12.4. The zero-order chi connectivity index (χ0) is 14.4. The molecular formula is C15H22N4O. The second-order valence-electron chi connectivity index (χ2n) is 4.68. The molecule has 5 heteroatoms. The number of hydrogen-bond donors (Lipinski definition) is 1. The molecule has 0 amide bonds. The lowest BCUT2D eigenvalue weighted by molar-refractivity contribution is 0.502. The van der Waals surface area contributed by atoms with Crippen molar-refractivity contribution < 1.29 is 4.42 Å². The van der Waals surface area contributed by atoms with E-state index in [0.29, 0.717) is 6.54 Å². The van der Waals surface area contributed by atoms with Crippen molar-refractivity contribution in [3.63, 3.8) is 0 Å². The third-order valence-electron chi connectivity index (χ3n) is 3.01. The first-order chi connectivity index (χ1) is 9.72. The summed E-state index contributed by atoms with van der Waals surface area (Å²) in [6.45, 7) is 8.66. The predicted octanol–water partition coefficient (Wildman–Crippen LogP) is 3.23. The Kier molecular flexibility index (Phi) is 4.98. The SMILES string of the molecule is CCCNc1cc(N(CC)Cc2ccco2)nc(C)n1. The standard InChI is InChI=1S/C15H22N4O/c1-4-8-16-14-10-15(18-12(3)17-14)19(5-2)11-13-7-6-9-20-13/h6-7,9-10H,4-5,8,11H2,1-3H3,(H,16,17,18). The highest BCUT2D eigenvalue weighted by atomic mass is 16.3. The predicted molar refractivity (Wildman–Crippen MR) is 81.0 cm³/mol. The maximum absolute atomic E-state index is 5.41. The Balaban J connectivity index is 2.17. The van der Waals surface area contributed by atoms with Crippen LogP contribution in [-0.2, 0) is 6.54 Å². The van der Waals surface area contributed by atoms with Gasteiger partial charge >= 0.3 is 0 Å². The molecule has 108 valence electrons. The summed E-state index contributed by atoms with van der Waals surface area (Å²) in [5.74, 6) is 3.52. The van der Waals surface area contributed by atoms with Gasteiger partial charge in [-0.15, -0.1) is 0 Å². The molecule has 0 unspecified atom stereocenters. The van der Waals surface area contributed by atoms with Gasteiger partial charge in [-0.25, -0.2) is 9.97 Å². The van der Waals surface area contributed by atoms with Gasteiger partial charge in [0.15, 0.2) is 0 Å². The molecule has 1 N–H and O–H groups in total. The van der Waals surface area contributed by atoms with Crippen LogP contribution in [0.15, 0.2) is 28.9 Å². The van der Waals surface area contributed by atoms with E-state index in [-0.39, 0.29) is 0 Å². The van der Waals surface area contributed by atoms with Crippen LogP contribution in [0.2, 0.25) is 0 Å². The highest BCUT2D eigenvalue weighted by Gasteiger charge is 2.11. The molecule has 0 saturated carbocycles. The number of anilines is 2. The van der Waals surface area contributed by atoms with Gasteiger partial charge in [0, 0.05) is 19.2 Å². The molecule has 2 aromatic heterocycles. The molecule has 20 heavy (non-hydrogen) atoms. The number of aryl methyl sites for hydroxylation is 1. The van der Waals surface area contributed by atoms with Crippen molar-refractivity contribution in [3.05, 3.63) is 36.0 Å². The van der Waals surface area contributed by atoms with Crippen LogP contribution in [-0.4, -0.2) is 23.1 Å². The van der Waals surface area contributed by atoms with E-state index in [2.05, 4.69) is 34.0 Å². The fourth-order valence-corrected chi connectivity index (χ4v) is 2.00. The number of aromatic nitrogens is 2. The molecule has 0 atom stereocenters. The molecule has 2 rings (SSSR count). The smallest absolute Gasteiger partial charge is 0.134 e. The van der Waals surface area contributed by atoms with Crippen molar-refractivity contribution in [3.8, 4) is 0 Å². The maximum atomic E-state index is 5.41. The number of rotatable bonds is 7. The Morgan fingerprint density at radius 3 is 2.80 bits per heavy atom. The lowest BCUT2D eigenvalue weighted by Gasteiger charge is -2.21. The van der Waals surface area contributed by atoms with Gasteiger partial charge in [0.25, 0.3) is 0 Å². The quantitative estimate of drug-likeness (QED) is 0.840. The summed E-state index contributed by atoms with van der Waals surface area (Å²) in [5, 5.41) is 3.31. The number of furan rings is 1. The van der Waals surface area contributed by atoms with Crippen molar-refractivity contribution in [1.29, 1.82) is 0 Å². The van der Waals surface area contributed by atoms with Crippen molar-refractivity contribution in [1.82, 2.24) is 9.97 Å². The Labute approximate surface area is 120 Å². The van der Waals surface area contributed by atoms with Crippen molar-refractivity contribution in [2.24, 2.45) is 0 Å². The number of nitrogens with one attached hydrogen (secondary N) is 1. The van der Waals surface area contributed by atoms with Crippen LogP contribution < -0.4 is 10.2 Å². The molecule has 5 nitrogen and oxygen atoms in total. The Hall–Kier alpha value is -2.04. The second-order valence-corrected chi connectivity index (χ2v) is 4.68. The van der Waals surface area contributed by atoms with Gasteiger partial charge in [0.1, 0.15) is 23.2 Å². The summed E-state index contributed by atoms with van der Waals surface area (Å²) >= 11 is 0. The third kappa shape index (κ3) is 3.73. The van der Waals surface area contributed by atoms with Crippen LogP contribution in [0.3, 0.4) is 0 Å². The van der Waals surface area contributed by atoms with Gasteiger partial charge in [0.05, 0.1) is 12.8 Å². The molecule has 0 spiro atoms. The molecule has 0 bridgehead atoms. The largest absolute Gasteiger partial charge is 0.467 e. The van der Waals surface area contributed by atoms with Crippen LogP contribution in [0.1, 0.15) is 31.9 Å². The van der Waals surface area contributed by atoms with Gasteiger partial charge in [-0.3, -0.25) is 0 Å². The molecule has 0 aliphatic rings. The van der Waals surface area contributed by atoms with Crippen LogP contribution in [0.25, 0.3) is 0 Å². The summed E-state index contributed by atoms with van der Waals surface area (Å²) in [6, 6.07) is 5.88. The fourth-order valence-electron chi connectivity index (χ4n) is 2.00. The van der Waals surface area contributed by atoms with E-state index in [1.807, 2.05) is 25.1 Å². The zero-order valence-corrected chi connectivity index (χ0v) is 12.4. The Bertz CT molecular complexity index is 525. The van der Waals surface area contributed by atoms with Gasteiger partial charge in [-0.05, 0) is 32.4 Å². The van der Waals surface area contributed by atoms with E-state index < -0.39 is 0 Å². The third-order valence-corrected chi connectivity index (χ3v) is 3.01. The van der Waals surface area contributed by atoms with E-state index in [1.54, 1.807) is 6.26 Å². The van der Waals surface area contributed by atoms with Crippen LogP contribution >= 0.6 is 0 Å². The van der Waals surface area contributed by atoms with E-state index in [9.17, 15) is 0 Å². The number of hydrogen-bond acceptors (Lipinski definition) is 5.